The average molecular weight is 394 g/mol. The van der Waals surface area contributed by atoms with E-state index in [0.29, 0.717) is 6.54 Å². The van der Waals surface area contributed by atoms with Gasteiger partial charge < -0.3 is 9.80 Å². The summed E-state index contributed by atoms with van der Waals surface area (Å²) in [6.07, 6.45) is 0.254. The molecule has 3 aromatic rings. The summed E-state index contributed by atoms with van der Waals surface area (Å²) in [6, 6.07) is 15.7. The third-order valence-corrected chi connectivity index (χ3v) is 6.62. The minimum atomic E-state index is -0.323. The molecule has 0 spiro atoms. The van der Waals surface area contributed by atoms with Crippen molar-refractivity contribution in [3.63, 3.8) is 0 Å². The van der Waals surface area contributed by atoms with Crippen LogP contribution < -0.4 is 4.90 Å². The number of carbonyl (C=O) groups is 2. The minimum absolute atomic E-state index is 0.00300. The lowest BCUT2D eigenvalue weighted by Gasteiger charge is -2.26. The molecule has 1 fully saturated rings. The Morgan fingerprint density at radius 1 is 1.21 bits per heavy atom. The lowest BCUT2D eigenvalue weighted by molar-refractivity contribution is -0.136. The molecule has 6 heteroatoms. The molecule has 2 aromatic carbocycles. The lowest BCUT2D eigenvalue weighted by Crippen LogP contribution is -2.36. The molecule has 2 heterocycles. The number of aromatic nitrogens is 1. The van der Waals surface area contributed by atoms with Crippen molar-refractivity contribution in [2.75, 3.05) is 18.5 Å². The van der Waals surface area contributed by atoms with Gasteiger partial charge in [0.1, 0.15) is 5.01 Å². The number of rotatable bonds is 4. The summed E-state index contributed by atoms with van der Waals surface area (Å²) in [6.45, 7) is 4.43. The topological polar surface area (TPSA) is 53.5 Å². The van der Waals surface area contributed by atoms with Crippen LogP contribution in [0.15, 0.2) is 48.5 Å². The summed E-state index contributed by atoms with van der Waals surface area (Å²) in [5, 5.41) is 0.914. The molecule has 1 aromatic heterocycles. The summed E-state index contributed by atoms with van der Waals surface area (Å²) >= 11 is 1.61. The zero-order chi connectivity index (χ0) is 19.8. The van der Waals surface area contributed by atoms with Crippen LogP contribution in [0.25, 0.3) is 10.2 Å². The second-order valence-corrected chi connectivity index (χ2v) is 8.45. The Morgan fingerprint density at radius 3 is 2.64 bits per heavy atom. The first-order valence-electron chi connectivity index (χ1n) is 9.43. The van der Waals surface area contributed by atoms with Crippen molar-refractivity contribution < 1.29 is 9.59 Å². The van der Waals surface area contributed by atoms with E-state index < -0.39 is 0 Å². The molecule has 0 bridgehead atoms. The monoisotopic (exact) mass is 393 g/mol. The van der Waals surface area contributed by atoms with Gasteiger partial charge in [0, 0.05) is 25.7 Å². The molecule has 5 nitrogen and oxygen atoms in total. The molecule has 1 aliphatic heterocycles. The van der Waals surface area contributed by atoms with Crippen molar-refractivity contribution in [2.45, 2.75) is 26.3 Å². The Hall–Kier alpha value is -2.73. The van der Waals surface area contributed by atoms with E-state index in [4.69, 9.17) is 0 Å². The van der Waals surface area contributed by atoms with Crippen molar-refractivity contribution in [1.29, 1.82) is 0 Å². The second kappa shape index (κ2) is 7.36. The SMILES string of the molecule is Cc1ccc(N2C[C@@H](C(=O)N(C)[C@H](C)c3nc4ccccc4s3)CC2=O)cc1. The van der Waals surface area contributed by atoms with E-state index in [9.17, 15) is 9.59 Å². The molecule has 0 saturated carbocycles. The maximum Gasteiger partial charge on any atom is 0.228 e. The third-order valence-electron chi connectivity index (χ3n) is 5.42. The van der Waals surface area contributed by atoms with Gasteiger partial charge in [0.05, 0.1) is 22.2 Å². The van der Waals surface area contributed by atoms with Crippen LogP contribution in [0, 0.1) is 12.8 Å². The van der Waals surface area contributed by atoms with Crippen LogP contribution in [0.3, 0.4) is 0 Å². The van der Waals surface area contributed by atoms with Crippen molar-refractivity contribution in [2.24, 2.45) is 5.92 Å². The number of amides is 2. The zero-order valence-electron chi connectivity index (χ0n) is 16.3. The lowest BCUT2D eigenvalue weighted by atomic mass is 10.1. The number of hydrogen-bond acceptors (Lipinski definition) is 4. The molecule has 28 heavy (non-hydrogen) atoms. The molecule has 144 valence electrons. The smallest absolute Gasteiger partial charge is 0.228 e. The average Bonchev–Trinajstić information content (AvgIpc) is 3.30. The van der Waals surface area contributed by atoms with Gasteiger partial charge in [-0.3, -0.25) is 9.59 Å². The molecule has 0 aliphatic carbocycles. The van der Waals surface area contributed by atoms with E-state index >= 15 is 0 Å². The van der Waals surface area contributed by atoms with Gasteiger partial charge in [0.15, 0.2) is 0 Å². The summed E-state index contributed by atoms with van der Waals surface area (Å²) in [4.78, 5) is 33.7. The fourth-order valence-electron chi connectivity index (χ4n) is 3.56. The summed E-state index contributed by atoms with van der Waals surface area (Å²) in [5.41, 5.74) is 2.96. The number of nitrogens with zero attached hydrogens (tertiary/aromatic N) is 3. The number of thiazole rings is 1. The predicted molar refractivity (Wildman–Crippen MR) is 112 cm³/mol. The maximum absolute atomic E-state index is 13.1. The molecule has 2 atom stereocenters. The Labute approximate surface area is 168 Å². The Morgan fingerprint density at radius 2 is 1.93 bits per heavy atom. The standard InChI is InChI=1S/C22H23N3O2S/c1-14-8-10-17(11-9-14)25-13-16(12-20(25)26)22(27)24(3)15(2)21-23-18-6-4-5-7-19(18)28-21/h4-11,15-16H,12-13H2,1-3H3/t15-,16+/m1/s1. The Balaban J connectivity index is 1.49. The van der Waals surface area contributed by atoms with Gasteiger partial charge in [-0.2, -0.15) is 0 Å². The first kappa shape index (κ1) is 18.6. The number of aryl methyl sites for hydroxylation is 1. The normalized spacial score (nSPS) is 17.9. The van der Waals surface area contributed by atoms with Crippen molar-refractivity contribution >= 4 is 39.1 Å². The summed E-state index contributed by atoms with van der Waals surface area (Å²) in [5.74, 6) is -0.325. The van der Waals surface area contributed by atoms with Crippen LogP contribution in [0.2, 0.25) is 0 Å². The van der Waals surface area contributed by atoms with Gasteiger partial charge >= 0.3 is 0 Å². The molecule has 4 rings (SSSR count). The molecule has 0 unspecified atom stereocenters. The number of para-hydroxylation sites is 1. The Bertz CT molecular complexity index is 995. The highest BCUT2D eigenvalue weighted by atomic mass is 32.1. The molecule has 1 aliphatic rings. The molecular formula is C22H23N3O2S. The first-order valence-corrected chi connectivity index (χ1v) is 10.2. The number of hydrogen-bond donors (Lipinski definition) is 0. The minimum Gasteiger partial charge on any atom is -0.336 e. The van der Waals surface area contributed by atoms with E-state index in [-0.39, 0.29) is 30.2 Å². The fourth-order valence-corrected chi connectivity index (χ4v) is 4.62. The highest BCUT2D eigenvalue weighted by Gasteiger charge is 2.37. The molecule has 0 N–H and O–H groups in total. The van der Waals surface area contributed by atoms with Gasteiger partial charge in [-0.25, -0.2) is 4.98 Å². The molecule has 1 saturated heterocycles. The van der Waals surface area contributed by atoms with Crippen LogP contribution in [0.5, 0.6) is 0 Å². The maximum atomic E-state index is 13.1. The van der Waals surface area contributed by atoms with Crippen LogP contribution in [-0.4, -0.2) is 35.3 Å². The van der Waals surface area contributed by atoms with Gasteiger partial charge in [-0.05, 0) is 38.1 Å². The van der Waals surface area contributed by atoms with Crippen molar-refractivity contribution in [3.05, 3.63) is 59.1 Å². The zero-order valence-corrected chi connectivity index (χ0v) is 17.1. The number of carbonyl (C=O) groups excluding carboxylic acids is 2. The number of benzene rings is 2. The quantitative estimate of drug-likeness (QED) is 0.668. The van der Waals surface area contributed by atoms with Gasteiger partial charge in [0.25, 0.3) is 0 Å². The molecular weight excluding hydrogens is 370 g/mol. The molecule has 0 radical (unpaired) electrons. The van der Waals surface area contributed by atoms with E-state index in [2.05, 4.69) is 4.98 Å². The number of anilines is 1. The molecule has 2 amide bonds. The van der Waals surface area contributed by atoms with Crippen molar-refractivity contribution in [3.8, 4) is 0 Å². The third kappa shape index (κ3) is 3.40. The van der Waals surface area contributed by atoms with E-state index in [1.807, 2.05) is 62.4 Å². The highest BCUT2D eigenvalue weighted by Crippen LogP contribution is 2.32. The van der Waals surface area contributed by atoms with E-state index in [1.54, 1.807) is 28.2 Å². The number of fused-ring (bicyclic) bond motifs is 1. The Kier molecular flexibility index (Phi) is 4.89. The van der Waals surface area contributed by atoms with Crippen LogP contribution in [-0.2, 0) is 9.59 Å². The summed E-state index contributed by atoms with van der Waals surface area (Å²) in [7, 11) is 1.80. The van der Waals surface area contributed by atoms with Crippen LogP contribution in [0.1, 0.15) is 30.0 Å². The van der Waals surface area contributed by atoms with Crippen LogP contribution in [0.4, 0.5) is 5.69 Å². The van der Waals surface area contributed by atoms with E-state index in [1.165, 1.54) is 0 Å². The second-order valence-electron chi connectivity index (χ2n) is 7.39. The van der Waals surface area contributed by atoms with Gasteiger partial charge in [-0.15, -0.1) is 11.3 Å². The van der Waals surface area contributed by atoms with Crippen LogP contribution >= 0.6 is 11.3 Å². The fraction of sp³-hybridized carbons (Fsp3) is 0.318. The summed E-state index contributed by atoms with van der Waals surface area (Å²) < 4.78 is 1.12. The van der Waals surface area contributed by atoms with Gasteiger partial charge in [-0.1, -0.05) is 29.8 Å². The predicted octanol–water partition coefficient (Wildman–Crippen LogP) is 4.18. The van der Waals surface area contributed by atoms with E-state index in [0.717, 1.165) is 26.5 Å². The van der Waals surface area contributed by atoms with Crippen molar-refractivity contribution in [1.82, 2.24) is 9.88 Å². The highest BCUT2D eigenvalue weighted by molar-refractivity contribution is 7.18. The van der Waals surface area contributed by atoms with Gasteiger partial charge in [0.2, 0.25) is 11.8 Å². The largest absolute Gasteiger partial charge is 0.336 e. The first-order chi connectivity index (χ1) is 13.4.